The van der Waals surface area contributed by atoms with Gasteiger partial charge in [0, 0.05) is 24.9 Å². The van der Waals surface area contributed by atoms with E-state index < -0.39 is 9.84 Å². The molecule has 132 valence electrons. The minimum absolute atomic E-state index is 0. The molecule has 0 bridgehead atoms. The van der Waals surface area contributed by atoms with E-state index in [4.69, 9.17) is 16.3 Å². The molecule has 0 fully saturated rings. The molecule has 0 aliphatic heterocycles. The predicted molar refractivity (Wildman–Crippen MR) is 106 cm³/mol. The fourth-order valence-electron chi connectivity index (χ4n) is 1.60. The smallest absolute Gasteiger partial charge is 0.191 e. The van der Waals surface area contributed by atoms with Gasteiger partial charge >= 0.3 is 0 Å². The number of halogens is 2. The Bertz CT molecular complexity index is 594. The lowest BCUT2D eigenvalue weighted by Crippen LogP contribution is -2.43. The van der Waals surface area contributed by atoms with Crippen LogP contribution in [0, 0.1) is 0 Å². The van der Waals surface area contributed by atoms with E-state index in [1.165, 1.54) is 6.26 Å². The van der Waals surface area contributed by atoms with Crippen molar-refractivity contribution < 1.29 is 13.2 Å². The molecule has 23 heavy (non-hydrogen) atoms. The van der Waals surface area contributed by atoms with Crippen molar-refractivity contribution in [3.8, 4) is 5.75 Å². The van der Waals surface area contributed by atoms with Gasteiger partial charge in [-0.15, -0.1) is 24.0 Å². The number of ether oxygens (including phenoxy) is 1. The van der Waals surface area contributed by atoms with Crippen LogP contribution in [0.3, 0.4) is 0 Å². The molecule has 0 heterocycles. The fourth-order valence-corrected chi connectivity index (χ4v) is 2.20. The van der Waals surface area contributed by atoms with E-state index >= 15 is 0 Å². The van der Waals surface area contributed by atoms with E-state index in [1.807, 2.05) is 6.92 Å². The molecule has 2 N–H and O–H groups in total. The Morgan fingerprint density at radius 1 is 1.30 bits per heavy atom. The van der Waals surface area contributed by atoms with Gasteiger partial charge in [0.1, 0.15) is 21.7 Å². The molecule has 0 saturated heterocycles. The Balaban J connectivity index is 0.00000484. The largest absolute Gasteiger partial charge is 0.489 e. The minimum Gasteiger partial charge on any atom is -0.489 e. The number of guanidine groups is 1. The molecule has 0 aliphatic carbocycles. The van der Waals surface area contributed by atoms with Crippen molar-refractivity contribution in [2.45, 2.75) is 13.0 Å². The first-order chi connectivity index (χ1) is 10.3. The third kappa shape index (κ3) is 10.6. The van der Waals surface area contributed by atoms with Crippen LogP contribution in [0.1, 0.15) is 6.92 Å². The van der Waals surface area contributed by atoms with Gasteiger partial charge in [-0.25, -0.2) is 8.42 Å². The summed E-state index contributed by atoms with van der Waals surface area (Å²) < 4.78 is 27.9. The number of hydrogen-bond donors (Lipinski definition) is 2. The number of nitrogens with zero attached hydrogens (tertiary/aromatic N) is 1. The molecule has 1 aromatic rings. The van der Waals surface area contributed by atoms with Gasteiger partial charge in [-0.1, -0.05) is 11.6 Å². The molecule has 1 atom stereocenters. The second-order valence-corrected chi connectivity index (χ2v) is 7.59. The maximum Gasteiger partial charge on any atom is 0.191 e. The number of nitrogens with one attached hydrogen (secondary N) is 2. The zero-order valence-corrected chi connectivity index (χ0v) is 17.3. The SMILES string of the molecule is CN=C(NCCS(C)(=O)=O)NCC(C)Oc1ccc(Cl)cc1.I. The molecular weight excluding hydrogens is 453 g/mol. The molecule has 1 aromatic carbocycles. The molecule has 0 aromatic heterocycles. The molecule has 0 saturated carbocycles. The highest BCUT2D eigenvalue weighted by Gasteiger charge is 2.07. The summed E-state index contributed by atoms with van der Waals surface area (Å²) in [5.41, 5.74) is 0. The quantitative estimate of drug-likeness (QED) is 0.358. The topological polar surface area (TPSA) is 79.8 Å². The minimum atomic E-state index is -2.98. The number of rotatable bonds is 7. The summed E-state index contributed by atoms with van der Waals surface area (Å²) in [6, 6.07) is 7.14. The second-order valence-electron chi connectivity index (χ2n) is 4.89. The van der Waals surface area contributed by atoms with Gasteiger partial charge in [-0.3, -0.25) is 4.99 Å². The van der Waals surface area contributed by atoms with Crippen molar-refractivity contribution in [1.82, 2.24) is 10.6 Å². The Morgan fingerprint density at radius 2 is 1.91 bits per heavy atom. The van der Waals surface area contributed by atoms with Crippen LogP contribution in [-0.4, -0.2) is 52.6 Å². The van der Waals surface area contributed by atoms with Crippen LogP contribution >= 0.6 is 35.6 Å². The normalized spacial score (nSPS) is 13.0. The second kappa shape index (κ2) is 10.9. The summed E-state index contributed by atoms with van der Waals surface area (Å²) in [4.78, 5) is 4.02. The maximum atomic E-state index is 11.1. The van der Waals surface area contributed by atoms with Crippen molar-refractivity contribution in [3.63, 3.8) is 0 Å². The van der Waals surface area contributed by atoms with Crippen molar-refractivity contribution >= 4 is 51.4 Å². The van der Waals surface area contributed by atoms with E-state index in [1.54, 1.807) is 31.3 Å². The Morgan fingerprint density at radius 3 is 2.43 bits per heavy atom. The molecule has 0 aliphatic rings. The van der Waals surface area contributed by atoms with Crippen LogP contribution in [0.25, 0.3) is 0 Å². The number of sulfone groups is 1. The Kier molecular flexibility index (Phi) is 10.6. The molecule has 9 heteroatoms. The van der Waals surface area contributed by atoms with Crippen LogP contribution in [0.15, 0.2) is 29.3 Å². The van der Waals surface area contributed by atoms with E-state index in [9.17, 15) is 8.42 Å². The predicted octanol–water partition coefficient (Wildman–Crippen LogP) is 1.93. The average molecular weight is 476 g/mol. The zero-order valence-electron chi connectivity index (χ0n) is 13.4. The fraction of sp³-hybridized carbons (Fsp3) is 0.500. The molecule has 1 unspecified atom stereocenters. The van der Waals surface area contributed by atoms with Crippen LogP contribution in [0.2, 0.25) is 5.02 Å². The van der Waals surface area contributed by atoms with Crippen molar-refractivity contribution in [2.24, 2.45) is 4.99 Å². The van der Waals surface area contributed by atoms with E-state index in [0.29, 0.717) is 24.1 Å². The Hall–Kier alpha value is -0.740. The highest BCUT2D eigenvalue weighted by atomic mass is 127. The first-order valence-electron chi connectivity index (χ1n) is 6.84. The van der Waals surface area contributed by atoms with Crippen LogP contribution in [0.4, 0.5) is 0 Å². The lowest BCUT2D eigenvalue weighted by molar-refractivity contribution is 0.224. The van der Waals surface area contributed by atoms with Crippen LogP contribution < -0.4 is 15.4 Å². The molecule has 1 rings (SSSR count). The van der Waals surface area contributed by atoms with Gasteiger partial charge in [0.25, 0.3) is 0 Å². The standard InChI is InChI=1S/C14H22ClN3O3S.HI/c1-11(21-13-6-4-12(15)5-7-13)10-18-14(16-2)17-8-9-22(3,19)20;/h4-7,11H,8-10H2,1-3H3,(H2,16,17,18);1H. The third-order valence-corrected chi connectivity index (χ3v) is 3.89. The number of hydrogen-bond acceptors (Lipinski definition) is 4. The van der Waals surface area contributed by atoms with Gasteiger partial charge in [0.2, 0.25) is 0 Å². The van der Waals surface area contributed by atoms with Gasteiger partial charge < -0.3 is 15.4 Å². The number of aliphatic imine (C=N–C) groups is 1. The van der Waals surface area contributed by atoms with Crippen molar-refractivity contribution in [3.05, 3.63) is 29.3 Å². The van der Waals surface area contributed by atoms with Gasteiger partial charge in [0.15, 0.2) is 5.96 Å². The molecule has 6 nitrogen and oxygen atoms in total. The molecule has 0 amide bonds. The number of benzene rings is 1. The molecular formula is C14H23ClIN3O3S. The van der Waals surface area contributed by atoms with Crippen LogP contribution in [-0.2, 0) is 9.84 Å². The van der Waals surface area contributed by atoms with E-state index in [-0.39, 0.29) is 35.8 Å². The van der Waals surface area contributed by atoms with E-state index in [2.05, 4.69) is 15.6 Å². The first kappa shape index (κ1) is 22.3. The van der Waals surface area contributed by atoms with Gasteiger partial charge in [0.05, 0.1) is 12.3 Å². The van der Waals surface area contributed by atoms with Crippen molar-refractivity contribution in [2.75, 3.05) is 32.1 Å². The van der Waals surface area contributed by atoms with E-state index in [0.717, 1.165) is 5.75 Å². The summed E-state index contributed by atoms with van der Waals surface area (Å²) in [6.07, 6.45) is 1.11. The summed E-state index contributed by atoms with van der Waals surface area (Å²) in [6.45, 7) is 2.76. The highest BCUT2D eigenvalue weighted by Crippen LogP contribution is 2.16. The van der Waals surface area contributed by atoms with Gasteiger partial charge in [-0.2, -0.15) is 0 Å². The monoisotopic (exact) mass is 475 g/mol. The molecule has 0 radical (unpaired) electrons. The molecule has 0 spiro atoms. The summed E-state index contributed by atoms with van der Waals surface area (Å²) in [7, 11) is -1.36. The summed E-state index contributed by atoms with van der Waals surface area (Å²) >= 11 is 5.82. The lowest BCUT2D eigenvalue weighted by Gasteiger charge is -2.17. The van der Waals surface area contributed by atoms with Gasteiger partial charge in [-0.05, 0) is 31.2 Å². The summed E-state index contributed by atoms with van der Waals surface area (Å²) in [5.74, 6) is 1.33. The Labute approximate surface area is 160 Å². The first-order valence-corrected chi connectivity index (χ1v) is 9.28. The summed E-state index contributed by atoms with van der Waals surface area (Å²) in [5, 5.41) is 6.68. The average Bonchev–Trinajstić information content (AvgIpc) is 2.44. The zero-order chi connectivity index (χ0) is 16.6. The third-order valence-electron chi connectivity index (χ3n) is 2.70. The lowest BCUT2D eigenvalue weighted by atomic mass is 10.3. The highest BCUT2D eigenvalue weighted by molar-refractivity contribution is 14.0. The van der Waals surface area contributed by atoms with Crippen molar-refractivity contribution in [1.29, 1.82) is 0 Å². The van der Waals surface area contributed by atoms with Crippen LogP contribution in [0.5, 0.6) is 5.75 Å². The maximum absolute atomic E-state index is 11.1.